The van der Waals surface area contributed by atoms with Crippen molar-refractivity contribution in [3.8, 4) is 0 Å². The zero-order valence-corrected chi connectivity index (χ0v) is 26.5. The van der Waals surface area contributed by atoms with E-state index in [0.29, 0.717) is 29.2 Å². The SMILES string of the molecule is COC(=O)c1ccc([C@@H]2N(Cc3ccccc3)c3ccc(S(=O)(=O)Nc4ccc(C)cc4)cc3C(=O)N2c2ccc(C)cc2)cc1. The van der Waals surface area contributed by atoms with Crippen molar-refractivity contribution in [3.63, 3.8) is 0 Å². The van der Waals surface area contributed by atoms with Crippen LogP contribution >= 0.6 is 0 Å². The van der Waals surface area contributed by atoms with Crippen LogP contribution in [-0.2, 0) is 21.3 Å². The lowest BCUT2D eigenvalue weighted by Gasteiger charge is -2.46. The quantitative estimate of drug-likeness (QED) is 0.181. The number of nitrogens with one attached hydrogen (secondary N) is 1. The molecule has 0 spiro atoms. The number of anilines is 3. The predicted molar refractivity (Wildman–Crippen MR) is 180 cm³/mol. The highest BCUT2D eigenvalue weighted by atomic mass is 32.2. The lowest BCUT2D eigenvalue weighted by atomic mass is 9.98. The van der Waals surface area contributed by atoms with Crippen LogP contribution in [-0.4, -0.2) is 27.4 Å². The molecule has 0 unspecified atom stereocenters. The van der Waals surface area contributed by atoms with E-state index in [1.54, 1.807) is 35.2 Å². The second-order valence-electron chi connectivity index (χ2n) is 11.3. The summed E-state index contributed by atoms with van der Waals surface area (Å²) in [5, 5.41) is 0. The minimum absolute atomic E-state index is 0.0235. The van der Waals surface area contributed by atoms with Gasteiger partial charge in [0.1, 0.15) is 6.17 Å². The van der Waals surface area contributed by atoms with E-state index in [-0.39, 0.29) is 16.4 Å². The molecule has 1 heterocycles. The first-order valence-corrected chi connectivity index (χ1v) is 16.3. The van der Waals surface area contributed by atoms with E-state index < -0.39 is 22.2 Å². The number of methoxy groups -OCH3 is 1. The summed E-state index contributed by atoms with van der Waals surface area (Å²) >= 11 is 0. The average molecular weight is 632 g/mol. The van der Waals surface area contributed by atoms with Crippen LogP contribution in [0.4, 0.5) is 17.1 Å². The Balaban J connectivity index is 1.51. The maximum Gasteiger partial charge on any atom is 0.337 e. The summed E-state index contributed by atoms with van der Waals surface area (Å²) in [7, 11) is -2.68. The van der Waals surface area contributed by atoms with Crippen LogP contribution in [0.25, 0.3) is 0 Å². The highest BCUT2D eigenvalue weighted by Gasteiger charge is 2.40. The van der Waals surface area contributed by atoms with Crippen molar-refractivity contribution in [2.24, 2.45) is 0 Å². The van der Waals surface area contributed by atoms with Gasteiger partial charge in [0.25, 0.3) is 15.9 Å². The minimum atomic E-state index is -4.01. The minimum Gasteiger partial charge on any atom is -0.465 e. The highest BCUT2D eigenvalue weighted by Crippen LogP contribution is 2.43. The van der Waals surface area contributed by atoms with Crippen molar-refractivity contribution in [1.82, 2.24) is 0 Å². The van der Waals surface area contributed by atoms with Crippen molar-refractivity contribution in [2.45, 2.75) is 31.5 Å². The number of ether oxygens (including phenoxy) is 1. The third-order valence-electron chi connectivity index (χ3n) is 8.02. The summed E-state index contributed by atoms with van der Waals surface area (Å²) in [6.45, 7) is 4.32. The van der Waals surface area contributed by atoms with Crippen molar-refractivity contribution >= 4 is 39.0 Å². The van der Waals surface area contributed by atoms with Crippen LogP contribution in [0.1, 0.15) is 49.1 Å². The molecular weight excluding hydrogens is 598 g/mol. The molecule has 232 valence electrons. The molecule has 0 saturated heterocycles. The number of benzene rings is 5. The first-order chi connectivity index (χ1) is 22.1. The van der Waals surface area contributed by atoms with Crippen molar-refractivity contribution in [2.75, 3.05) is 21.6 Å². The summed E-state index contributed by atoms with van der Waals surface area (Å²) in [6.07, 6.45) is -0.622. The van der Waals surface area contributed by atoms with E-state index in [9.17, 15) is 18.0 Å². The van der Waals surface area contributed by atoms with Gasteiger partial charge < -0.3 is 9.64 Å². The van der Waals surface area contributed by atoms with Crippen LogP contribution in [0.15, 0.2) is 126 Å². The Morgan fingerprint density at radius 3 is 2.07 bits per heavy atom. The Morgan fingerprint density at radius 2 is 1.43 bits per heavy atom. The zero-order valence-electron chi connectivity index (χ0n) is 25.7. The van der Waals surface area contributed by atoms with Gasteiger partial charge in [-0.2, -0.15) is 0 Å². The van der Waals surface area contributed by atoms with Crippen molar-refractivity contribution in [3.05, 3.63) is 155 Å². The highest BCUT2D eigenvalue weighted by molar-refractivity contribution is 7.92. The van der Waals surface area contributed by atoms with Gasteiger partial charge in [0.2, 0.25) is 0 Å². The third-order valence-corrected chi connectivity index (χ3v) is 9.40. The van der Waals surface area contributed by atoms with Crippen LogP contribution in [0.2, 0.25) is 0 Å². The second kappa shape index (κ2) is 12.5. The summed E-state index contributed by atoms with van der Waals surface area (Å²) in [4.78, 5) is 30.6. The number of rotatable bonds is 8. The van der Waals surface area contributed by atoms with E-state index in [4.69, 9.17) is 4.74 Å². The number of fused-ring (bicyclic) bond motifs is 1. The van der Waals surface area contributed by atoms with Crippen LogP contribution in [0, 0.1) is 13.8 Å². The Morgan fingerprint density at radius 1 is 0.804 bits per heavy atom. The number of nitrogens with zero attached hydrogens (tertiary/aromatic N) is 2. The van der Waals surface area contributed by atoms with Gasteiger partial charge in [0.15, 0.2) is 0 Å². The molecule has 1 aliphatic heterocycles. The van der Waals surface area contributed by atoms with E-state index >= 15 is 0 Å². The first-order valence-electron chi connectivity index (χ1n) is 14.8. The Bertz CT molecular complexity index is 1990. The number of hydrogen-bond donors (Lipinski definition) is 1. The molecule has 5 aromatic rings. The number of esters is 1. The molecule has 1 aliphatic rings. The first kappa shape index (κ1) is 30.6. The molecule has 0 radical (unpaired) electrons. The second-order valence-corrected chi connectivity index (χ2v) is 12.9. The number of sulfonamides is 1. The standard InChI is InChI=1S/C37H33N3O5S/c1-25-9-17-30(18-10-25)38-46(43,44)32-21-22-34-33(23-32)36(41)40(31-19-11-26(2)12-20-31)35(39(34)24-27-7-5-4-6-8-27)28-13-15-29(16-14-28)37(42)45-3/h4-23,35,38H,24H2,1-3H3/t35-/m1/s1. The number of hydrogen-bond acceptors (Lipinski definition) is 6. The van der Waals surface area contributed by atoms with Gasteiger partial charge >= 0.3 is 5.97 Å². The van der Waals surface area contributed by atoms with Gasteiger partial charge in [-0.15, -0.1) is 0 Å². The van der Waals surface area contributed by atoms with E-state index in [0.717, 1.165) is 22.3 Å². The number of amides is 1. The lowest BCUT2D eigenvalue weighted by molar-refractivity contribution is 0.0600. The Kier molecular flexibility index (Phi) is 8.34. The van der Waals surface area contributed by atoms with Crippen LogP contribution < -0.4 is 14.5 Å². The molecule has 0 fully saturated rings. The molecule has 1 amide bonds. The molecule has 8 nitrogen and oxygen atoms in total. The molecule has 0 aliphatic carbocycles. The topological polar surface area (TPSA) is 96.0 Å². The van der Waals surface area contributed by atoms with Gasteiger partial charge in [-0.3, -0.25) is 14.4 Å². The maximum atomic E-state index is 14.6. The third kappa shape index (κ3) is 6.09. The fourth-order valence-electron chi connectivity index (χ4n) is 5.61. The normalized spacial score (nSPS) is 14.5. The molecule has 46 heavy (non-hydrogen) atoms. The van der Waals surface area contributed by atoms with Gasteiger partial charge in [-0.25, -0.2) is 13.2 Å². The van der Waals surface area contributed by atoms with E-state index in [1.165, 1.54) is 19.2 Å². The van der Waals surface area contributed by atoms with Crippen LogP contribution in [0.3, 0.4) is 0 Å². The fraction of sp³-hybridized carbons (Fsp3) is 0.135. The molecule has 6 rings (SSSR count). The number of carbonyl (C=O) groups is 2. The molecule has 9 heteroatoms. The maximum absolute atomic E-state index is 14.6. The summed E-state index contributed by atoms with van der Waals surface area (Å²) in [5.74, 6) is -0.807. The monoisotopic (exact) mass is 631 g/mol. The van der Waals surface area contributed by atoms with Crippen LogP contribution in [0.5, 0.6) is 0 Å². The number of carbonyl (C=O) groups excluding carboxylic acids is 2. The van der Waals surface area contributed by atoms with E-state index in [1.807, 2.05) is 92.7 Å². The Labute approximate surface area is 268 Å². The summed E-state index contributed by atoms with van der Waals surface area (Å²) < 4.78 is 34.6. The zero-order chi connectivity index (χ0) is 32.4. The summed E-state index contributed by atoms with van der Waals surface area (Å²) in [6, 6.07) is 36.2. The predicted octanol–water partition coefficient (Wildman–Crippen LogP) is 7.26. The smallest absolute Gasteiger partial charge is 0.337 e. The van der Waals surface area contributed by atoms with Gasteiger partial charge in [0, 0.05) is 17.9 Å². The molecule has 0 aromatic heterocycles. The van der Waals surface area contributed by atoms with Gasteiger partial charge in [-0.05, 0) is 79.6 Å². The van der Waals surface area contributed by atoms with Gasteiger partial charge in [0.05, 0.1) is 28.8 Å². The van der Waals surface area contributed by atoms with Crippen molar-refractivity contribution < 1.29 is 22.7 Å². The molecule has 0 saturated carbocycles. The average Bonchev–Trinajstić information content (AvgIpc) is 3.07. The molecule has 0 bridgehead atoms. The molecule has 1 atom stereocenters. The summed E-state index contributed by atoms with van der Waals surface area (Å²) in [5.41, 5.74) is 6.11. The Hall–Kier alpha value is -5.41. The van der Waals surface area contributed by atoms with E-state index in [2.05, 4.69) is 9.62 Å². The van der Waals surface area contributed by atoms with Gasteiger partial charge in [-0.1, -0.05) is 77.9 Å². The number of aryl methyl sites for hydroxylation is 2. The fourth-order valence-corrected chi connectivity index (χ4v) is 6.69. The van der Waals surface area contributed by atoms with Crippen molar-refractivity contribution in [1.29, 1.82) is 0 Å². The lowest BCUT2D eigenvalue weighted by Crippen LogP contribution is -2.49. The largest absolute Gasteiger partial charge is 0.465 e. The molecule has 1 N–H and O–H groups in total. The molecular formula is C37H33N3O5S. The molecule has 5 aromatic carbocycles.